The lowest BCUT2D eigenvalue weighted by molar-refractivity contribution is -0.124. The van der Waals surface area contributed by atoms with Crippen molar-refractivity contribution in [1.29, 1.82) is 0 Å². The maximum atomic E-state index is 12.2. The van der Waals surface area contributed by atoms with E-state index in [9.17, 15) is 9.59 Å². The molecule has 0 aliphatic carbocycles. The molecule has 0 aromatic carbocycles. The Balaban J connectivity index is 2.07. The van der Waals surface area contributed by atoms with Crippen LogP contribution in [0.3, 0.4) is 0 Å². The van der Waals surface area contributed by atoms with Gasteiger partial charge < -0.3 is 10.3 Å². The van der Waals surface area contributed by atoms with Crippen LogP contribution in [-0.2, 0) is 11.3 Å². The molecule has 1 atom stereocenters. The van der Waals surface area contributed by atoms with E-state index >= 15 is 0 Å². The summed E-state index contributed by atoms with van der Waals surface area (Å²) in [7, 11) is 0. The second-order valence-electron chi connectivity index (χ2n) is 5.03. The summed E-state index contributed by atoms with van der Waals surface area (Å²) in [6.45, 7) is 5.76. The molecule has 0 unspecified atom stereocenters. The standard InChI is InChI=1S/C15H20N4O2/c1-4-13(19-7-5-6-18-19)15(21)17-9-12-11(3)14(20)10(2)8-16-12/h5-8,13H,4,9H2,1-3H3,(H,16,20)(H,17,21)/t13-/m0/s1. The van der Waals surface area contributed by atoms with Crippen LogP contribution >= 0.6 is 0 Å². The molecule has 0 radical (unpaired) electrons. The minimum absolute atomic E-state index is 0.0112. The molecule has 0 saturated carbocycles. The number of nitrogens with one attached hydrogen (secondary N) is 2. The van der Waals surface area contributed by atoms with E-state index in [4.69, 9.17) is 0 Å². The molecule has 2 heterocycles. The number of hydrogen-bond acceptors (Lipinski definition) is 3. The second-order valence-corrected chi connectivity index (χ2v) is 5.03. The summed E-state index contributed by atoms with van der Waals surface area (Å²) in [6.07, 6.45) is 5.74. The van der Waals surface area contributed by atoms with Gasteiger partial charge in [0.2, 0.25) is 5.91 Å². The molecule has 0 bridgehead atoms. The predicted octanol–water partition coefficient (Wildman–Crippen LogP) is 1.46. The third kappa shape index (κ3) is 3.21. The number of carbonyl (C=O) groups excluding carboxylic acids is 1. The number of hydrogen-bond donors (Lipinski definition) is 2. The quantitative estimate of drug-likeness (QED) is 0.874. The van der Waals surface area contributed by atoms with E-state index in [0.717, 1.165) is 5.69 Å². The van der Waals surface area contributed by atoms with Crippen LogP contribution in [-0.4, -0.2) is 20.7 Å². The van der Waals surface area contributed by atoms with Gasteiger partial charge in [0.1, 0.15) is 6.04 Å². The number of carbonyl (C=O) groups is 1. The van der Waals surface area contributed by atoms with Gasteiger partial charge in [0, 0.05) is 35.4 Å². The first-order valence-electron chi connectivity index (χ1n) is 6.99. The molecule has 0 saturated heterocycles. The molecule has 21 heavy (non-hydrogen) atoms. The van der Waals surface area contributed by atoms with Gasteiger partial charge >= 0.3 is 0 Å². The van der Waals surface area contributed by atoms with E-state index in [2.05, 4.69) is 15.4 Å². The molecule has 2 N–H and O–H groups in total. The van der Waals surface area contributed by atoms with Crippen molar-refractivity contribution in [2.75, 3.05) is 0 Å². The summed E-state index contributed by atoms with van der Waals surface area (Å²) in [5.74, 6) is -0.109. The minimum atomic E-state index is -0.336. The van der Waals surface area contributed by atoms with Crippen molar-refractivity contribution in [3.8, 4) is 0 Å². The highest BCUT2D eigenvalue weighted by molar-refractivity contribution is 5.80. The van der Waals surface area contributed by atoms with Crippen LogP contribution in [0, 0.1) is 13.8 Å². The van der Waals surface area contributed by atoms with Crippen LogP contribution in [0.15, 0.2) is 29.5 Å². The zero-order valence-electron chi connectivity index (χ0n) is 12.5. The van der Waals surface area contributed by atoms with E-state index in [-0.39, 0.29) is 17.4 Å². The van der Waals surface area contributed by atoms with Crippen LogP contribution in [0.2, 0.25) is 0 Å². The van der Waals surface area contributed by atoms with Crippen molar-refractivity contribution in [2.45, 2.75) is 39.8 Å². The SMILES string of the molecule is CC[C@@H](C(=O)NCc1[nH]cc(C)c(=O)c1C)n1cccn1. The summed E-state index contributed by atoms with van der Waals surface area (Å²) >= 11 is 0. The van der Waals surface area contributed by atoms with Crippen molar-refractivity contribution in [1.82, 2.24) is 20.1 Å². The molecule has 0 spiro atoms. The molecule has 2 aromatic rings. The third-order valence-corrected chi connectivity index (χ3v) is 3.59. The van der Waals surface area contributed by atoms with E-state index < -0.39 is 0 Å². The lowest BCUT2D eigenvalue weighted by Gasteiger charge is -2.16. The molecule has 0 fully saturated rings. The van der Waals surface area contributed by atoms with Gasteiger partial charge in [-0.15, -0.1) is 0 Å². The maximum absolute atomic E-state index is 12.2. The number of pyridine rings is 1. The number of rotatable bonds is 5. The van der Waals surface area contributed by atoms with Gasteiger partial charge in [0.25, 0.3) is 0 Å². The van der Waals surface area contributed by atoms with Crippen LogP contribution in [0.4, 0.5) is 0 Å². The second kappa shape index (κ2) is 6.39. The Morgan fingerprint density at radius 1 is 1.48 bits per heavy atom. The summed E-state index contributed by atoms with van der Waals surface area (Å²) in [5, 5.41) is 6.96. The summed E-state index contributed by atoms with van der Waals surface area (Å²) in [5.41, 5.74) is 2.05. The van der Waals surface area contributed by atoms with Gasteiger partial charge in [0.15, 0.2) is 5.43 Å². The minimum Gasteiger partial charge on any atom is -0.363 e. The van der Waals surface area contributed by atoms with Gasteiger partial charge in [-0.05, 0) is 26.3 Å². The van der Waals surface area contributed by atoms with Crippen LogP contribution in [0.25, 0.3) is 0 Å². The largest absolute Gasteiger partial charge is 0.363 e. The topological polar surface area (TPSA) is 79.8 Å². The fourth-order valence-corrected chi connectivity index (χ4v) is 2.24. The number of H-pyrrole nitrogens is 1. The first-order chi connectivity index (χ1) is 10.0. The van der Waals surface area contributed by atoms with E-state index in [0.29, 0.717) is 24.1 Å². The zero-order chi connectivity index (χ0) is 15.4. The van der Waals surface area contributed by atoms with Crippen molar-refractivity contribution in [3.05, 3.63) is 51.7 Å². The van der Waals surface area contributed by atoms with Gasteiger partial charge in [0.05, 0.1) is 6.54 Å². The number of aryl methyl sites for hydroxylation is 1. The summed E-state index contributed by atoms with van der Waals surface area (Å²) in [4.78, 5) is 27.2. The highest BCUT2D eigenvalue weighted by atomic mass is 16.2. The molecule has 1 amide bonds. The fourth-order valence-electron chi connectivity index (χ4n) is 2.24. The molecule has 6 heteroatoms. The Kier molecular flexibility index (Phi) is 4.57. The highest BCUT2D eigenvalue weighted by Crippen LogP contribution is 2.10. The molecule has 112 valence electrons. The lowest BCUT2D eigenvalue weighted by atomic mass is 10.1. The Bertz CT molecular complexity index is 673. The third-order valence-electron chi connectivity index (χ3n) is 3.59. The number of amides is 1. The van der Waals surface area contributed by atoms with E-state index in [1.54, 1.807) is 43.2 Å². The number of aromatic amines is 1. The number of aromatic nitrogens is 3. The van der Waals surface area contributed by atoms with Crippen molar-refractivity contribution in [3.63, 3.8) is 0 Å². The monoisotopic (exact) mass is 288 g/mol. The first-order valence-corrected chi connectivity index (χ1v) is 6.99. The molecular formula is C15H20N4O2. The Labute approximate surface area is 123 Å². The van der Waals surface area contributed by atoms with Crippen LogP contribution < -0.4 is 10.7 Å². The van der Waals surface area contributed by atoms with Crippen LogP contribution in [0.1, 0.15) is 36.2 Å². The predicted molar refractivity (Wildman–Crippen MR) is 79.9 cm³/mol. The first kappa shape index (κ1) is 15.0. The summed E-state index contributed by atoms with van der Waals surface area (Å²) in [6, 6.07) is 1.45. The molecule has 0 aliphatic heterocycles. The average Bonchev–Trinajstić information content (AvgIpc) is 2.99. The van der Waals surface area contributed by atoms with Gasteiger partial charge in [-0.1, -0.05) is 6.92 Å². The Hall–Kier alpha value is -2.37. The molecule has 6 nitrogen and oxygen atoms in total. The van der Waals surface area contributed by atoms with Gasteiger partial charge in [-0.3, -0.25) is 14.3 Å². The summed E-state index contributed by atoms with van der Waals surface area (Å²) < 4.78 is 1.64. The molecule has 0 aliphatic rings. The molecular weight excluding hydrogens is 268 g/mol. The number of nitrogens with zero attached hydrogens (tertiary/aromatic N) is 2. The maximum Gasteiger partial charge on any atom is 0.245 e. The Morgan fingerprint density at radius 2 is 2.24 bits per heavy atom. The van der Waals surface area contributed by atoms with Gasteiger partial charge in [-0.25, -0.2) is 0 Å². The van der Waals surface area contributed by atoms with E-state index in [1.807, 2.05) is 6.92 Å². The smallest absolute Gasteiger partial charge is 0.245 e. The van der Waals surface area contributed by atoms with Gasteiger partial charge in [-0.2, -0.15) is 5.10 Å². The normalized spacial score (nSPS) is 12.1. The zero-order valence-corrected chi connectivity index (χ0v) is 12.5. The van der Waals surface area contributed by atoms with Crippen LogP contribution in [0.5, 0.6) is 0 Å². The molecule has 2 rings (SSSR count). The fraction of sp³-hybridized carbons (Fsp3) is 0.400. The van der Waals surface area contributed by atoms with E-state index in [1.165, 1.54) is 0 Å². The highest BCUT2D eigenvalue weighted by Gasteiger charge is 2.18. The lowest BCUT2D eigenvalue weighted by Crippen LogP contribution is -2.33. The van der Waals surface area contributed by atoms with Crippen molar-refractivity contribution >= 4 is 5.91 Å². The van der Waals surface area contributed by atoms with Crippen molar-refractivity contribution < 1.29 is 4.79 Å². The van der Waals surface area contributed by atoms with Crippen molar-refractivity contribution in [2.24, 2.45) is 0 Å². The molecule has 2 aromatic heterocycles. The Morgan fingerprint density at radius 3 is 2.86 bits per heavy atom. The average molecular weight is 288 g/mol.